The van der Waals surface area contributed by atoms with Crippen molar-refractivity contribution in [2.75, 3.05) is 19.6 Å². The van der Waals surface area contributed by atoms with E-state index in [0.717, 1.165) is 19.5 Å². The number of rotatable bonds is 7. The zero-order valence-corrected chi connectivity index (χ0v) is 10.4. The van der Waals surface area contributed by atoms with Crippen molar-refractivity contribution >= 4 is 5.91 Å². The van der Waals surface area contributed by atoms with Crippen LogP contribution in [0.25, 0.3) is 0 Å². The lowest BCUT2D eigenvalue weighted by molar-refractivity contribution is -0.124. The molecule has 0 aliphatic carbocycles. The summed E-state index contributed by atoms with van der Waals surface area (Å²) >= 11 is 0. The molecule has 1 aliphatic heterocycles. The molecule has 0 bridgehead atoms. The van der Waals surface area contributed by atoms with Crippen LogP contribution in [-0.2, 0) is 4.79 Å². The average molecular weight is 234 g/mol. The van der Waals surface area contributed by atoms with Crippen LogP contribution in [-0.4, -0.2) is 25.5 Å². The minimum Gasteiger partial charge on any atom is -0.352 e. The van der Waals surface area contributed by atoms with Gasteiger partial charge in [-0.2, -0.15) is 0 Å². The summed E-state index contributed by atoms with van der Waals surface area (Å²) in [5.74, 6) is 0.0801. The van der Waals surface area contributed by atoms with E-state index in [1.54, 1.807) is 12.2 Å². The Morgan fingerprint density at radius 1 is 1.47 bits per heavy atom. The molecule has 0 fully saturated rings. The summed E-state index contributed by atoms with van der Waals surface area (Å²) < 4.78 is 0. The van der Waals surface area contributed by atoms with E-state index in [2.05, 4.69) is 29.9 Å². The largest absolute Gasteiger partial charge is 0.352 e. The smallest absolute Gasteiger partial charge is 0.223 e. The molecule has 1 amide bonds. The van der Waals surface area contributed by atoms with Gasteiger partial charge in [0.05, 0.1) is 0 Å². The Labute approximate surface area is 104 Å². The highest BCUT2D eigenvalue weighted by Crippen LogP contribution is 2.10. The maximum atomic E-state index is 11.9. The van der Waals surface area contributed by atoms with Gasteiger partial charge in [-0.05, 0) is 25.8 Å². The van der Waals surface area contributed by atoms with Gasteiger partial charge in [-0.15, -0.1) is 13.2 Å². The molecule has 2 N–H and O–H groups in total. The number of hydrogen-bond donors (Lipinski definition) is 2. The molecule has 0 unspecified atom stereocenters. The molecule has 94 valence electrons. The van der Waals surface area contributed by atoms with Gasteiger partial charge in [-0.3, -0.25) is 4.79 Å². The lowest BCUT2D eigenvalue weighted by atomic mass is 10.00. The third-order valence-corrected chi connectivity index (χ3v) is 2.92. The first kappa shape index (κ1) is 13.7. The first-order chi connectivity index (χ1) is 8.27. The molecule has 0 radical (unpaired) electrons. The van der Waals surface area contributed by atoms with Crippen LogP contribution in [0, 0.1) is 5.92 Å². The molecule has 1 rings (SSSR count). The standard InChI is InChI=1S/C14H22N2O/c1-3-5-13(6-4-2)14(17)16-11-12-7-9-15-10-8-12/h3-4,7,13,15H,1-2,5-6,8-11H2,(H,16,17). The van der Waals surface area contributed by atoms with E-state index >= 15 is 0 Å². The minimum absolute atomic E-state index is 0.0210. The quantitative estimate of drug-likeness (QED) is 0.659. The van der Waals surface area contributed by atoms with E-state index in [-0.39, 0.29) is 11.8 Å². The van der Waals surface area contributed by atoms with Crippen molar-refractivity contribution in [1.29, 1.82) is 0 Å². The van der Waals surface area contributed by atoms with Crippen LogP contribution >= 0.6 is 0 Å². The SMILES string of the molecule is C=CCC(CC=C)C(=O)NCC1=CCNCC1. The van der Waals surface area contributed by atoms with Crippen LogP contribution < -0.4 is 10.6 Å². The lowest BCUT2D eigenvalue weighted by Gasteiger charge is -2.17. The van der Waals surface area contributed by atoms with Crippen LogP contribution in [0.2, 0.25) is 0 Å². The summed E-state index contributed by atoms with van der Waals surface area (Å²) in [6.45, 7) is 9.95. The normalized spacial score (nSPS) is 15.2. The van der Waals surface area contributed by atoms with Crippen molar-refractivity contribution in [3.8, 4) is 0 Å². The predicted octanol–water partition coefficient (Wildman–Crippen LogP) is 1.79. The molecule has 0 aromatic heterocycles. The van der Waals surface area contributed by atoms with Gasteiger partial charge in [0.2, 0.25) is 5.91 Å². The zero-order chi connectivity index (χ0) is 12.5. The Morgan fingerprint density at radius 3 is 2.71 bits per heavy atom. The van der Waals surface area contributed by atoms with Crippen molar-refractivity contribution in [1.82, 2.24) is 10.6 Å². The Bertz CT molecular complexity index is 297. The number of allylic oxidation sites excluding steroid dienone is 2. The highest BCUT2D eigenvalue weighted by molar-refractivity contribution is 5.79. The number of amides is 1. The van der Waals surface area contributed by atoms with Crippen molar-refractivity contribution in [3.05, 3.63) is 37.0 Å². The summed E-state index contributed by atoms with van der Waals surface area (Å²) in [5.41, 5.74) is 1.31. The maximum Gasteiger partial charge on any atom is 0.223 e. The van der Waals surface area contributed by atoms with E-state index in [1.165, 1.54) is 5.57 Å². The van der Waals surface area contributed by atoms with Crippen molar-refractivity contribution in [3.63, 3.8) is 0 Å². The fraction of sp³-hybridized carbons (Fsp3) is 0.500. The van der Waals surface area contributed by atoms with Gasteiger partial charge in [0.15, 0.2) is 0 Å². The van der Waals surface area contributed by atoms with Crippen LogP contribution in [0.15, 0.2) is 37.0 Å². The van der Waals surface area contributed by atoms with E-state index < -0.39 is 0 Å². The second-order valence-corrected chi connectivity index (χ2v) is 4.28. The monoisotopic (exact) mass is 234 g/mol. The highest BCUT2D eigenvalue weighted by Gasteiger charge is 2.15. The molecular weight excluding hydrogens is 212 g/mol. The van der Waals surface area contributed by atoms with Gasteiger partial charge in [0.1, 0.15) is 0 Å². The molecule has 0 atom stereocenters. The zero-order valence-electron chi connectivity index (χ0n) is 10.4. The lowest BCUT2D eigenvalue weighted by Crippen LogP contribution is -2.33. The fourth-order valence-corrected chi connectivity index (χ4v) is 1.89. The maximum absolute atomic E-state index is 11.9. The number of hydrogen-bond acceptors (Lipinski definition) is 2. The second kappa shape index (κ2) is 7.85. The molecule has 0 saturated carbocycles. The summed E-state index contributed by atoms with van der Waals surface area (Å²) in [5, 5.41) is 6.24. The number of nitrogens with one attached hydrogen (secondary N) is 2. The predicted molar refractivity (Wildman–Crippen MR) is 71.7 cm³/mol. The first-order valence-electron chi connectivity index (χ1n) is 6.16. The third-order valence-electron chi connectivity index (χ3n) is 2.92. The topological polar surface area (TPSA) is 41.1 Å². The Balaban J connectivity index is 2.37. The number of carbonyl (C=O) groups is 1. The molecule has 1 aliphatic rings. The number of carbonyl (C=O) groups excluding carboxylic acids is 1. The van der Waals surface area contributed by atoms with E-state index in [9.17, 15) is 4.79 Å². The van der Waals surface area contributed by atoms with Gasteiger partial charge in [-0.1, -0.05) is 23.8 Å². The van der Waals surface area contributed by atoms with E-state index in [4.69, 9.17) is 0 Å². The fourth-order valence-electron chi connectivity index (χ4n) is 1.89. The first-order valence-corrected chi connectivity index (χ1v) is 6.16. The molecule has 3 heteroatoms. The van der Waals surface area contributed by atoms with Crippen molar-refractivity contribution < 1.29 is 4.79 Å². The van der Waals surface area contributed by atoms with Crippen LogP contribution in [0.1, 0.15) is 19.3 Å². The molecule has 0 aromatic carbocycles. The molecule has 3 nitrogen and oxygen atoms in total. The summed E-state index contributed by atoms with van der Waals surface area (Å²) in [4.78, 5) is 11.9. The van der Waals surface area contributed by atoms with Crippen LogP contribution in [0.3, 0.4) is 0 Å². The van der Waals surface area contributed by atoms with Crippen molar-refractivity contribution in [2.45, 2.75) is 19.3 Å². The van der Waals surface area contributed by atoms with Crippen LogP contribution in [0.5, 0.6) is 0 Å². The highest BCUT2D eigenvalue weighted by atomic mass is 16.1. The molecule has 0 saturated heterocycles. The van der Waals surface area contributed by atoms with Crippen molar-refractivity contribution in [2.24, 2.45) is 5.92 Å². The van der Waals surface area contributed by atoms with Gasteiger partial charge in [-0.25, -0.2) is 0 Å². The Kier molecular flexibility index (Phi) is 6.33. The Hall–Kier alpha value is -1.35. The molecular formula is C14H22N2O. The van der Waals surface area contributed by atoms with Crippen LogP contribution in [0.4, 0.5) is 0 Å². The molecule has 0 spiro atoms. The molecule has 0 aromatic rings. The molecule has 1 heterocycles. The summed E-state index contributed by atoms with van der Waals surface area (Å²) in [6.07, 6.45) is 8.17. The van der Waals surface area contributed by atoms with E-state index in [1.807, 2.05) is 0 Å². The van der Waals surface area contributed by atoms with Gasteiger partial charge in [0, 0.05) is 19.0 Å². The minimum atomic E-state index is -0.0210. The second-order valence-electron chi connectivity index (χ2n) is 4.28. The molecule has 17 heavy (non-hydrogen) atoms. The summed E-state index contributed by atoms with van der Waals surface area (Å²) in [6, 6.07) is 0. The van der Waals surface area contributed by atoms with Gasteiger partial charge in [0.25, 0.3) is 0 Å². The van der Waals surface area contributed by atoms with Gasteiger partial charge >= 0.3 is 0 Å². The van der Waals surface area contributed by atoms with E-state index in [0.29, 0.717) is 19.4 Å². The summed E-state index contributed by atoms with van der Waals surface area (Å²) in [7, 11) is 0. The average Bonchev–Trinajstić information content (AvgIpc) is 2.37. The third kappa shape index (κ3) is 5.00. The Morgan fingerprint density at radius 2 is 2.18 bits per heavy atom. The van der Waals surface area contributed by atoms with Gasteiger partial charge < -0.3 is 10.6 Å².